The maximum Gasteiger partial charge on any atom is 0.339 e. The molecule has 19 heavy (non-hydrogen) atoms. The first kappa shape index (κ1) is 15.5. The highest BCUT2D eigenvalue weighted by Gasteiger charge is 2.21. The van der Waals surface area contributed by atoms with E-state index in [0.29, 0.717) is 0 Å². The number of hydrogen-bond donors (Lipinski definition) is 2. The molecule has 0 bridgehead atoms. The monoisotopic (exact) mass is 288 g/mol. The molecule has 0 aromatic heterocycles. The standard InChI is InChI=1S/C12H16O6S/c1-8(6-13)7-19(16,17)9-3-4-11(18-2)10(5-9)12(14)15/h3-5,8,13H,6-7H2,1-2H3,(H,14,15). The Morgan fingerprint density at radius 2 is 2.05 bits per heavy atom. The molecule has 0 fully saturated rings. The van der Waals surface area contributed by atoms with E-state index in [9.17, 15) is 13.2 Å². The number of carboxylic acid groups (broad SMARTS) is 1. The van der Waals surface area contributed by atoms with Crippen LogP contribution in [0.1, 0.15) is 17.3 Å². The van der Waals surface area contributed by atoms with Crippen LogP contribution in [0.25, 0.3) is 0 Å². The Labute approximate surface area is 111 Å². The second kappa shape index (κ2) is 6.03. The van der Waals surface area contributed by atoms with Gasteiger partial charge >= 0.3 is 5.97 Å². The smallest absolute Gasteiger partial charge is 0.339 e. The number of hydrogen-bond acceptors (Lipinski definition) is 5. The molecule has 2 N–H and O–H groups in total. The van der Waals surface area contributed by atoms with Gasteiger partial charge in [0.2, 0.25) is 0 Å². The fourth-order valence-electron chi connectivity index (χ4n) is 1.57. The molecule has 1 aromatic carbocycles. The number of aliphatic hydroxyl groups is 1. The average Bonchev–Trinajstić information content (AvgIpc) is 2.37. The van der Waals surface area contributed by atoms with Crippen molar-refractivity contribution in [3.63, 3.8) is 0 Å². The van der Waals surface area contributed by atoms with Gasteiger partial charge in [-0.15, -0.1) is 0 Å². The maximum absolute atomic E-state index is 12.0. The highest BCUT2D eigenvalue weighted by molar-refractivity contribution is 7.91. The summed E-state index contributed by atoms with van der Waals surface area (Å²) < 4.78 is 28.9. The Balaban J connectivity index is 3.22. The van der Waals surface area contributed by atoms with E-state index < -0.39 is 21.7 Å². The van der Waals surface area contributed by atoms with Crippen LogP contribution in [0, 0.1) is 5.92 Å². The molecule has 1 atom stereocenters. The molecule has 0 amide bonds. The Morgan fingerprint density at radius 1 is 1.42 bits per heavy atom. The van der Waals surface area contributed by atoms with Gasteiger partial charge < -0.3 is 14.9 Å². The van der Waals surface area contributed by atoms with Gasteiger partial charge in [0.15, 0.2) is 9.84 Å². The number of carboxylic acids is 1. The molecule has 1 unspecified atom stereocenters. The van der Waals surface area contributed by atoms with Crippen LogP contribution in [0.15, 0.2) is 23.1 Å². The summed E-state index contributed by atoms with van der Waals surface area (Å²) in [7, 11) is -2.32. The molecule has 0 aliphatic heterocycles. The number of methoxy groups -OCH3 is 1. The zero-order chi connectivity index (χ0) is 14.6. The van der Waals surface area contributed by atoms with Gasteiger partial charge in [-0.2, -0.15) is 0 Å². The Morgan fingerprint density at radius 3 is 2.53 bits per heavy atom. The van der Waals surface area contributed by atoms with E-state index in [4.69, 9.17) is 14.9 Å². The lowest BCUT2D eigenvalue weighted by atomic mass is 10.2. The third-order valence-electron chi connectivity index (χ3n) is 2.58. The van der Waals surface area contributed by atoms with Crippen molar-refractivity contribution in [1.29, 1.82) is 0 Å². The fourth-order valence-corrected chi connectivity index (χ4v) is 3.19. The summed E-state index contributed by atoms with van der Waals surface area (Å²) in [5.74, 6) is -1.82. The SMILES string of the molecule is COc1ccc(S(=O)(=O)CC(C)CO)cc1C(=O)O. The molecule has 0 heterocycles. The average molecular weight is 288 g/mol. The molecule has 1 rings (SSSR count). The molecule has 0 saturated carbocycles. The van der Waals surface area contributed by atoms with Crippen molar-refractivity contribution >= 4 is 15.8 Å². The number of rotatable bonds is 6. The summed E-state index contributed by atoms with van der Waals surface area (Å²) in [6.07, 6.45) is 0. The van der Waals surface area contributed by atoms with Crippen molar-refractivity contribution in [2.75, 3.05) is 19.5 Å². The lowest BCUT2D eigenvalue weighted by Gasteiger charge is -2.11. The summed E-state index contributed by atoms with van der Waals surface area (Å²) >= 11 is 0. The van der Waals surface area contributed by atoms with E-state index in [0.717, 1.165) is 6.07 Å². The minimum Gasteiger partial charge on any atom is -0.496 e. The summed E-state index contributed by atoms with van der Waals surface area (Å²) in [6, 6.07) is 3.67. The van der Waals surface area contributed by atoms with Gasteiger partial charge in [0.25, 0.3) is 0 Å². The van der Waals surface area contributed by atoms with Gasteiger partial charge in [0.05, 0.1) is 17.8 Å². The summed E-state index contributed by atoms with van der Waals surface area (Å²) in [5, 5.41) is 17.9. The van der Waals surface area contributed by atoms with Crippen LogP contribution >= 0.6 is 0 Å². The predicted molar refractivity (Wildman–Crippen MR) is 68.3 cm³/mol. The summed E-state index contributed by atoms with van der Waals surface area (Å²) in [4.78, 5) is 10.9. The van der Waals surface area contributed by atoms with Gasteiger partial charge in [0.1, 0.15) is 11.3 Å². The van der Waals surface area contributed by atoms with E-state index in [1.165, 1.54) is 19.2 Å². The predicted octanol–water partition coefficient (Wildman–Crippen LogP) is 0.795. The lowest BCUT2D eigenvalue weighted by molar-refractivity contribution is 0.0693. The first-order valence-electron chi connectivity index (χ1n) is 5.56. The van der Waals surface area contributed by atoms with Crippen molar-refractivity contribution in [3.05, 3.63) is 23.8 Å². The third-order valence-corrected chi connectivity index (χ3v) is 4.56. The molecular weight excluding hydrogens is 272 g/mol. The molecule has 0 aliphatic rings. The molecule has 0 spiro atoms. The van der Waals surface area contributed by atoms with Crippen molar-refractivity contribution in [3.8, 4) is 5.75 Å². The van der Waals surface area contributed by atoms with E-state index >= 15 is 0 Å². The van der Waals surface area contributed by atoms with Crippen molar-refractivity contribution < 1.29 is 28.2 Å². The first-order valence-corrected chi connectivity index (χ1v) is 7.22. The van der Waals surface area contributed by atoms with Crippen LogP contribution in [-0.2, 0) is 9.84 Å². The maximum atomic E-state index is 12.0. The largest absolute Gasteiger partial charge is 0.496 e. The highest BCUT2D eigenvalue weighted by atomic mass is 32.2. The van der Waals surface area contributed by atoms with E-state index in [-0.39, 0.29) is 28.6 Å². The van der Waals surface area contributed by atoms with Crippen LogP contribution in [-0.4, -0.2) is 44.1 Å². The third kappa shape index (κ3) is 3.68. The van der Waals surface area contributed by atoms with Crippen LogP contribution in [0.5, 0.6) is 5.75 Å². The Kier molecular flexibility index (Phi) is 4.90. The molecule has 7 heteroatoms. The molecule has 6 nitrogen and oxygen atoms in total. The van der Waals surface area contributed by atoms with Gasteiger partial charge in [0, 0.05) is 6.61 Å². The van der Waals surface area contributed by atoms with E-state index in [1.807, 2.05) is 0 Å². The highest BCUT2D eigenvalue weighted by Crippen LogP contribution is 2.24. The normalized spacial score (nSPS) is 13.0. The zero-order valence-electron chi connectivity index (χ0n) is 10.7. The van der Waals surface area contributed by atoms with Crippen molar-refractivity contribution in [2.45, 2.75) is 11.8 Å². The van der Waals surface area contributed by atoms with Crippen LogP contribution < -0.4 is 4.74 Å². The van der Waals surface area contributed by atoms with Crippen LogP contribution in [0.4, 0.5) is 0 Å². The number of carbonyl (C=O) groups is 1. The topological polar surface area (TPSA) is 101 Å². The lowest BCUT2D eigenvalue weighted by Crippen LogP contribution is -2.17. The number of sulfone groups is 1. The van der Waals surface area contributed by atoms with Gasteiger partial charge in [-0.05, 0) is 24.1 Å². The molecule has 0 radical (unpaired) electrons. The van der Waals surface area contributed by atoms with Gasteiger partial charge in [-0.1, -0.05) is 6.92 Å². The molecule has 1 aromatic rings. The number of aromatic carboxylic acids is 1. The number of benzene rings is 1. The zero-order valence-corrected chi connectivity index (χ0v) is 11.5. The van der Waals surface area contributed by atoms with Crippen LogP contribution in [0.3, 0.4) is 0 Å². The fraction of sp³-hybridized carbons (Fsp3) is 0.417. The molecule has 0 saturated heterocycles. The molecule has 106 valence electrons. The Hall–Kier alpha value is -1.60. The second-order valence-corrected chi connectivity index (χ2v) is 6.27. The quantitative estimate of drug-likeness (QED) is 0.802. The van der Waals surface area contributed by atoms with Crippen molar-refractivity contribution in [1.82, 2.24) is 0 Å². The first-order chi connectivity index (χ1) is 8.81. The minimum absolute atomic E-state index is 0.0917. The summed E-state index contributed by atoms with van der Waals surface area (Å²) in [6.45, 7) is 1.35. The second-order valence-electron chi connectivity index (χ2n) is 4.24. The van der Waals surface area contributed by atoms with Gasteiger partial charge in [-0.25, -0.2) is 13.2 Å². The summed E-state index contributed by atoms with van der Waals surface area (Å²) in [5.41, 5.74) is -0.208. The van der Waals surface area contributed by atoms with Crippen LogP contribution in [0.2, 0.25) is 0 Å². The Bertz CT molecular complexity index is 564. The minimum atomic E-state index is -3.63. The van der Waals surface area contributed by atoms with E-state index in [2.05, 4.69) is 0 Å². The number of ether oxygens (including phenoxy) is 1. The number of aliphatic hydroxyl groups excluding tert-OH is 1. The van der Waals surface area contributed by atoms with Crippen molar-refractivity contribution in [2.24, 2.45) is 5.92 Å². The van der Waals surface area contributed by atoms with E-state index in [1.54, 1.807) is 6.92 Å². The molecular formula is C12H16O6S. The van der Waals surface area contributed by atoms with Gasteiger partial charge in [-0.3, -0.25) is 0 Å². The molecule has 0 aliphatic carbocycles.